The van der Waals surface area contributed by atoms with E-state index in [4.69, 9.17) is 4.74 Å². The summed E-state index contributed by atoms with van der Waals surface area (Å²) in [5.41, 5.74) is 1.52. The molecule has 0 atom stereocenters. The number of hydrogen-bond acceptors (Lipinski definition) is 7. The minimum absolute atomic E-state index is 0.0661. The van der Waals surface area contributed by atoms with Crippen LogP contribution in [0.3, 0.4) is 0 Å². The number of hydrogen-bond donors (Lipinski definition) is 1. The predicted molar refractivity (Wildman–Crippen MR) is 112 cm³/mol. The van der Waals surface area contributed by atoms with Crippen molar-refractivity contribution in [2.45, 2.75) is 37.8 Å². The molecule has 0 radical (unpaired) electrons. The molecule has 0 fully saturated rings. The number of ether oxygens (including phenoxy) is 1. The molecule has 1 aromatic heterocycles. The number of nitrogens with one attached hydrogen (secondary N) is 1. The summed E-state index contributed by atoms with van der Waals surface area (Å²) < 4.78 is 28.5. The van der Waals surface area contributed by atoms with Crippen molar-refractivity contribution in [2.75, 3.05) is 25.2 Å². The number of methoxy groups -OCH3 is 1. The van der Waals surface area contributed by atoms with E-state index in [0.29, 0.717) is 29.6 Å². The van der Waals surface area contributed by atoms with Gasteiger partial charge in [-0.1, -0.05) is 6.07 Å². The van der Waals surface area contributed by atoms with Gasteiger partial charge in [-0.25, -0.2) is 13.2 Å². The Hall–Kier alpha value is -2.23. The van der Waals surface area contributed by atoms with Crippen molar-refractivity contribution in [3.63, 3.8) is 0 Å². The molecular formula is C20H24N2O5S2. The summed E-state index contributed by atoms with van der Waals surface area (Å²) >= 11 is 1.37. The molecule has 0 saturated heterocycles. The molecule has 2 heterocycles. The fourth-order valence-corrected chi connectivity index (χ4v) is 5.24. The van der Waals surface area contributed by atoms with E-state index >= 15 is 0 Å². The first kappa shape index (κ1) is 21.5. The van der Waals surface area contributed by atoms with Crippen molar-refractivity contribution in [3.05, 3.63) is 45.8 Å². The Bertz CT molecular complexity index is 1060. The maximum atomic E-state index is 12.8. The number of fused-ring (bicyclic) bond motifs is 1. The van der Waals surface area contributed by atoms with E-state index < -0.39 is 21.7 Å². The van der Waals surface area contributed by atoms with Crippen molar-refractivity contribution in [3.8, 4) is 0 Å². The number of sulfone groups is 1. The van der Waals surface area contributed by atoms with Gasteiger partial charge in [0.25, 0.3) is 5.91 Å². The number of thiophene rings is 1. The maximum absolute atomic E-state index is 12.8. The number of carbonyl (C=O) groups excluding carboxylic acids is 2. The molecule has 156 valence electrons. The van der Waals surface area contributed by atoms with E-state index in [1.165, 1.54) is 42.7 Å². The third kappa shape index (κ3) is 4.52. The van der Waals surface area contributed by atoms with Crippen LogP contribution in [-0.4, -0.2) is 51.1 Å². The molecule has 2 aromatic rings. The Labute approximate surface area is 174 Å². The van der Waals surface area contributed by atoms with E-state index in [1.807, 2.05) is 0 Å². The van der Waals surface area contributed by atoms with Crippen molar-refractivity contribution < 1.29 is 22.7 Å². The van der Waals surface area contributed by atoms with Gasteiger partial charge in [0.15, 0.2) is 9.84 Å². The van der Waals surface area contributed by atoms with Gasteiger partial charge in [0, 0.05) is 35.8 Å². The third-order valence-electron chi connectivity index (χ3n) is 4.96. The molecule has 1 aromatic carbocycles. The van der Waals surface area contributed by atoms with Crippen LogP contribution in [0.25, 0.3) is 0 Å². The summed E-state index contributed by atoms with van der Waals surface area (Å²) in [6.07, 6.45) is 1.79. The molecule has 0 spiro atoms. The van der Waals surface area contributed by atoms with Crippen molar-refractivity contribution >= 4 is 38.1 Å². The van der Waals surface area contributed by atoms with Crippen LogP contribution in [0.1, 0.15) is 45.0 Å². The van der Waals surface area contributed by atoms with Gasteiger partial charge in [0.1, 0.15) is 5.00 Å². The topological polar surface area (TPSA) is 92.8 Å². The molecule has 0 saturated carbocycles. The quantitative estimate of drug-likeness (QED) is 0.725. The Morgan fingerprint density at radius 3 is 2.62 bits per heavy atom. The highest BCUT2D eigenvalue weighted by atomic mass is 32.2. The highest BCUT2D eigenvalue weighted by Crippen LogP contribution is 2.38. The Morgan fingerprint density at radius 1 is 1.28 bits per heavy atom. The first-order chi connectivity index (χ1) is 13.6. The van der Waals surface area contributed by atoms with Gasteiger partial charge in [-0.3, -0.25) is 9.69 Å². The number of amides is 1. The highest BCUT2D eigenvalue weighted by molar-refractivity contribution is 7.90. The standard InChI is InChI=1S/C20H24N2O5S2/c1-12(2)22-9-8-15-16(11-22)28-19(17(15)20(24)27-3)21-18(23)13-6-5-7-14(10-13)29(4,25)26/h5-7,10,12H,8-9,11H2,1-4H3,(H,21,23). The molecule has 1 amide bonds. The maximum Gasteiger partial charge on any atom is 0.341 e. The lowest BCUT2D eigenvalue weighted by Crippen LogP contribution is -2.35. The zero-order valence-electron chi connectivity index (χ0n) is 16.8. The minimum Gasteiger partial charge on any atom is -0.465 e. The lowest BCUT2D eigenvalue weighted by Gasteiger charge is -2.30. The average molecular weight is 437 g/mol. The van der Waals surface area contributed by atoms with Crippen LogP contribution < -0.4 is 5.32 Å². The van der Waals surface area contributed by atoms with Crippen molar-refractivity contribution in [1.82, 2.24) is 4.90 Å². The fraction of sp³-hybridized carbons (Fsp3) is 0.400. The second-order valence-electron chi connectivity index (χ2n) is 7.27. The SMILES string of the molecule is COC(=O)c1c(NC(=O)c2cccc(S(C)(=O)=O)c2)sc2c1CCN(C(C)C)C2. The molecule has 1 aliphatic rings. The van der Waals surface area contributed by atoms with E-state index in [-0.39, 0.29) is 10.5 Å². The molecule has 0 bridgehead atoms. The number of carbonyl (C=O) groups is 2. The first-order valence-corrected chi connectivity index (χ1v) is 11.9. The summed E-state index contributed by atoms with van der Waals surface area (Å²) in [7, 11) is -2.11. The number of nitrogens with zero attached hydrogens (tertiary/aromatic N) is 1. The van der Waals surface area contributed by atoms with Crippen molar-refractivity contribution in [2.24, 2.45) is 0 Å². The molecule has 29 heavy (non-hydrogen) atoms. The summed E-state index contributed by atoms with van der Waals surface area (Å²) in [5.74, 6) is -0.958. The van der Waals surface area contributed by atoms with Gasteiger partial charge < -0.3 is 10.1 Å². The molecule has 1 aliphatic heterocycles. The van der Waals surface area contributed by atoms with E-state index in [0.717, 1.165) is 23.2 Å². The Morgan fingerprint density at radius 2 is 2.00 bits per heavy atom. The average Bonchev–Trinajstić information content (AvgIpc) is 3.03. The van der Waals surface area contributed by atoms with E-state index in [1.54, 1.807) is 0 Å². The number of esters is 1. The second-order valence-corrected chi connectivity index (χ2v) is 10.4. The van der Waals surface area contributed by atoms with Crippen LogP contribution in [0.4, 0.5) is 5.00 Å². The van der Waals surface area contributed by atoms with Gasteiger partial charge >= 0.3 is 5.97 Å². The Kier molecular flexibility index (Phi) is 6.11. The van der Waals surface area contributed by atoms with Crippen LogP contribution in [-0.2, 0) is 27.5 Å². The molecule has 0 unspecified atom stereocenters. The van der Waals surface area contributed by atoms with Gasteiger partial charge in [0.05, 0.1) is 17.6 Å². The third-order valence-corrected chi connectivity index (χ3v) is 7.20. The zero-order valence-corrected chi connectivity index (χ0v) is 18.4. The van der Waals surface area contributed by atoms with Crippen LogP contribution in [0.5, 0.6) is 0 Å². The summed E-state index contributed by atoms with van der Waals surface area (Å²) in [6.45, 7) is 5.78. The normalized spacial score (nSPS) is 14.5. The minimum atomic E-state index is -3.43. The monoisotopic (exact) mass is 436 g/mol. The molecule has 1 N–H and O–H groups in total. The second kappa shape index (κ2) is 8.25. The first-order valence-electron chi connectivity index (χ1n) is 9.20. The predicted octanol–water partition coefficient (Wildman–Crippen LogP) is 2.96. The van der Waals surface area contributed by atoms with Crippen LogP contribution in [0, 0.1) is 0 Å². The highest BCUT2D eigenvalue weighted by Gasteiger charge is 2.30. The van der Waals surface area contributed by atoms with Crippen LogP contribution in [0.15, 0.2) is 29.2 Å². The number of anilines is 1. The van der Waals surface area contributed by atoms with Gasteiger partial charge in [-0.15, -0.1) is 11.3 Å². The number of rotatable bonds is 5. The smallest absolute Gasteiger partial charge is 0.341 e. The van der Waals surface area contributed by atoms with Gasteiger partial charge in [-0.2, -0.15) is 0 Å². The van der Waals surface area contributed by atoms with Crippen LogP contribution >= 0.6 is 11.3 Å². The molecule has 0 aliphatic carbocycles. The molecule has 9 heteroatoms. The molecule has 7 nitrogen and oxygen atoms in total. The number of benzene rings is 1. The summed E-state index contributed by atoms with van der Waals surface area (Å²) in [5, 5.41) is 3.22. The summed E-state index contributed by atoms with van der Waals surface area (Å²) in [6, 6.07) is 6.21. The van der Waals surface area contributed by atoms with E-state index in [2.05, 4.69) is 24.1 Å². The molecular weight excluding hydrogens is 412 g/mol. The fourth-order valence-electron chi connectivity index (χ4n) is 3.31. The van der Waals surface area contributed by atoms with Crippen molar-refractivity contribution in [1.29, 1.82) is 0 Å². The van der Waals surface area contributed by atoms with Crippen LogP contribution in [0.2, 0.25) is 0 Å². The zero-order chi connectivity index (χ0) is 21.3. The van der Waals surface area contributed by atoms with Gasteiger partial charge in [0.2, 0.25) is 0 Å². The largest absolute Gasteiger partial charge is 0.465 e. The lowest BCUT2D eigenvalue weighted by atomic mass is 10.0. The summed E-state index contributed by atoms with van der Waals surface area (Å²) in [4.78, 5) is 28.6. The lowest BCUT2D eigenvalue weighted by molar-refractivity contribution is 0.0600. The van der Waals surface area contributed by atoms with E-state index in [9.17, 15) is 18.0 Å². The molecule has 3 rings (SSSR count). The van der Waals surface area contributed by atoms with Gasteiger partial charge in [-0.05, 0) is 44.0 Å². The Balaban J connectivity index is 1.95.